The maximum absolute atomic E-state index is 12.6. The van der Waals surface area contributed by atoms with Crippen LogP contribution in [0.5, 0.6) is 0 Å². The van der Waals surface area contributed by atoms with Gasteiger partial charge in [-0.3, -0.25) is 14.6 Å². The number of aliphatic hydroxyl groups excluding tert-OH is 2. The maximum atomic E-state index is 12.6. The van der Waals surface area contributed by atoms with Gasteiger partial charge in [-0.25, -0.2) is 9.97 Å². The quantitative estimate of drug-likeness (QED) is 0.541. The summed E-state index contributed by atoms with van der Waals surface area (Å²) >= 11 is 0. The standard InChI is InChI=1S/C19H23N5O4/c1-11-14(10-22-17(23-11)12-3-2-4-20-9-12)19(28)24-15-7-13(8-16(15)26)18(27)21-5-6-25/h2-4,9-10,13,15-16,25-26H,5-8H2,1H3,(H,21,27)(H,24,28)/t13-,15+,16+/m0/s1. The van der Waals surface area contributed by atoms with Crippen molar-refractivity contribution in [2.24, 2.45) is 5.92 Å². The van der Waals surface area contributed by atoms with Gasteiger partial charge < -0.3 is 20.8 Å². The summed E-state index contributed by atoms with van der Waals surface area (Å²) in [6.07, 6.45) is 4.53. The van der Waals surface area contributed by atoms with Gasteiger partial charge in [-0.2, -0.15) is 0 Å². The number of aliphatic hydroxyl groups is 2. The van der Waals surface area contributed by atoms with Crippen LogP contribution in [0.2, 0.25) is 0 Å². The topological polar surface area (TPSA) is 137 Å². The van der Waals surface area contributed by atoms with Crippen LogP contribution in [0, 0.1) is 12.8 Å². The van der Waals surface area contributed by atoms with Crippen LogP contribution in [0.15, 0.2) is 30.7 Å². The Morgan fingerprint density at radius 1 is 1.29 bits per heavy atom. The molecule has 1 aliphatic rings. The molecule has 2 heterocycles. The molecule has 0 aromatic carbocycles. The number of hydrogen-bond donors (Lipinski definition) is 4. The number of nitrogens with zero attached hydrogens (tertiary/aromatic N) is 3. The van der Waals surface area contributed by atoms with E-state index < -0.39 is 24.0 Å². The van der Waals surface area contributed by atoms with Crippen LogP contribution in [-0.4, -0.2) is 62.3 Å². The average Bonchev–Trinajstić information content (AvgIpc) is 3.07. The Morgan fingerprint density at radius 2 is 2.11 bits per heavy atom. The molecule has 0 unspecified atom stereocenters. The van der Waals surface area contributed by atoms with Gasteiger partial charge in [0.1, 0.15) is 0 Å². The highest BCUT2D eigenvalue weighted by Gasteiger charge is 2.37. The lowest BCUT2D eigenvalue weighted by Crippen LogP contribution is -2.40. The second kappa shape index (κ2) is 8.85. The largest absolute Gasteiger partial charge is 0.395 e. The van der Waals surface area contributed by atoms with E-state index in [0.29, 0.717) is 23.5 Å². The molecule has 2 aromatic rings. The molecule has 4 N–H and O–H groups in total. The zero-order valence-electron chi connectivity index (χ0n) is 15.5. The zero-order valence-corrected chi connectivity index (χ0v) is 15.5. The average molecular weight is 385 g/mol. The number of nitrogens with one attached hydrogen (secondary N) is 2. The minimum absolute atomic E-state index is 0.143. The van der Waals surface area contributed by atoms with Crippen molar-refractivity contribution in [3.05, 3.63) is 42.0 Å². The third-order valence-electron chi connectivity index (χ3n) is 4.77. The van der Waals surface area contributed by atoms with Gasteiger partial charge in [-0.1, -0.05) is 0 Å². The van der Waals surface area contributed by atoms with Gasteiger partial charge in [0.2, 0.25) is 5.91 Å². The van der Waals surface area contributed by atoms with E-state index >= 15 is 0 Å². The lowest BCUT2D eigenvalue weighted by atomic mass is 10.1. The molecule has 28 heavy (non-hydrogen) atoms. The molecule has 148 valence electrons. The molecule has 0 radical (unpaired) electrons. The molecule has 0 bridgehead atoms. The number of rotatable bonds is 6. The monoisotopic (exact) mass is 385 g/mol. The van der Waals surface area contributed by atoms with E-state index in [4.69, 9.17) is 5.11 Å². The molecule has 0 spiro atoms. The van der Waals surface area contributed by atoms with E-state index in [2.05, 4.69) is 25.6 Å². The van der Waals surface area contributed by atoms with Crippen LogP contribution in [0.1, 0.15) is 28.9 Å². The number of carbonyl (C=O) groups is 2. The van der Waals surface area contributed by atoms with E-state index in [1.54, 1.807) is 25.4 Å². The van der Waals surface area contributed by atoms with Crippen LogP contribution in [0.3, 0.4) is 0 Å². The Hall–Kier alpha value is -2.91. The highest BCUT2D eigenvalue weighted by molar-refractivity contribution is 5.95. The van der Waals surface area contributed by atoms with Crippen LogP contribution in [0.4, 0.5) is 0 Å². The summed E-state index contributed by atoms with van der Waals surface area (Å²) in [7, 11) is 0. The van der Waals surface area contributed by atoms with Gasteiger partial charge in [-0.15, -0.1) is 0 Å². The summed E-state index contributed by atoms with van der Waals surface area (Å²) in [6.45, 7) is 1.74. The summed E-state index contributed by atoms with van der Waals surface area (Å²) in [5.41, 5.74) is 1.57. The van der Waals surface area contributed by atoms with Crippen molar-refractivity contribution in [3.8, 4) is 11.4 Å². The van der Waals surface area contributed by atoms with Crippen molar-refractivity contribution in [2.45, 2.75) is 31.9 Å². The summed E-state index contributed by atoms with van der Waals surface area (Å²) in [5.74, 6) is -0.554. The normalized spacial score (nSPS) is 21.3. The third kappa shape index (κ3) is 4.49. The number of aromatic nitrogens is 3. The van der Waals surface area contributed by atoms with Crippen molar-refractivity contribution in [3.63, 3.8) is 0 Å². The van der Waals surface area contributed by atoms with Gasteiger partial charge in [0, 0.05) is 36.6 Å². The van der Waals surface area contributed by atoms with E-state index in [9.17, 15) is 14.7 Å². The Kier molecular flexibility index (Phi) is 6.27. The van der Waals surface area contributed by atoms with E-state index in [-0.39, 0.29) is 25.5 Å². The smallest absolute Gasteiger partial charge is 0.255 e. The molecule has 0 aliphatic heterocycles. The minimum atomic E-state index is -0.815. The second-order valence-electron chi connectivity index (χ2n) is 6.76. The van der Waals surface area contributed by atoms with Crippen molar-refractivity contribution >= 4 is 11.8 Å². The van der Waals surface area contributed by atoms with Gasteiger partial charge in [0.05, 0.1) is 30.0 Å². The molecule has 0 saturated heterocycles. The highest BCUT2D eigenvalue weighted by Crippen LogP contribution is 2.27. The summed E-state index contributed by atoms with van der Waals surface area (Å²) in [5, 5.41) is 24.4. The summed E-state index contributed by atoms with van der Waals surface area (Å²) in [6, 6.07) is 3.08. The first-order valence-electron chi connectivity index (χ1n) is 9.11. The molecule has 9 nitrogen and oxygen atoms in total. The van der Waals surface area contributed by atoms with Gasteiger partial charge in [0.25, 0.3) is 5.91 Å². The molecule has 1 fully saturated rings. The molecule has 3 rings (SSSR count). The van der Waals surface area contributed by atoms with Gasteiger partial charge in [-0.05, 0) is 31.9 Å². The predicted octanol–water partition coefficient (Wildman–Crippen LogP) is -0.175. The molecular weight excluding hydrogens is 362 g/mol. The zero-order chi connectivity index (χ0) is 20.1. The van der Waals surface area contributed by atoms with Crippen molar-refractivity contribution in [2.75, 3.05) is 13.2 Å². The molecule has 1 aliphatic carbocycles. The van der Waals surface area contributed by atoms with Crippen LogP contribution >= 0.6 is 0 Å². The fourth-order valence-corrected chi connectivity index (χ4v) is 3.28. The Morgan fingerprint density at radius 3 is 2.79 bits per heavy atom. The van der Waals surface area contributed by atoms with E-state index in [1.807, 2.05) is 6.07 Å². The fourth-order valence-electron chi connectivity index (χ4n) is 3.28. The highest BCUT2D eigenvalue weighted by atomic mass is 16.3. The van der Waals surface area contributed by atoms with Gasteiger partial charge >= 0.3 is 0 Å². The van der Waals surface area contributed by atoms with E-state index in [0.717, 1.165) is 5.56 Å². The molecule has 1 saturated carbocycles. The van der Waals surface area contributed by atoms with Crippen molar-refractivity contribution in [1.29, 1.82) is 0 Å². The lowest BCUT2D eigenvalue weighted by Gasteiger charge is -2.17. The SMILES string of the molecule is Cc1nc(-c2cccnc2)ncc1C(=O)N[C@@H]1C[C@H](C(=O)NCCO)C[C@H]1O. The summed E-state index contributed by atoms with van der Waals surface area (Å²) in [4.78, 5) is 37.3. The molecule has 9 heteroatoms. The predicted molar refractivity (Wildman–Crippen MR) is 100 cm³/mol. The first-order valence-corrected chi connectivity index (χ1v) is 9.11. The number of pyridine rings is 1. The minimum Gasteiger partial charge on any atom is -0.395 e. The Bertz CT molecular complexity index is 845. The van der Waals surface area contributed by atoms with Crippen molar-refractivity contribution in [1.82, 2.24) is 25.6 Å². The Balaban J connectivity index is 1.65. The number of carbonyl (C=O) groups excluding carboxylic acids is 2. The molecule has 2 aromatic heterocycles. The van der Waals surface area contributed by atoms with Crippen LogP contribution < -0.4 is 10.6 Å². The van der Waals surface area contributed by atoms with Crippen LogP contribution in [0.25, 0.3) is 11.4 Å². The first-order chi connectivity index (χ1) is 13.5. The number of aryl methyl sites for hydroxylation is 1. The molecular formula is C19H23N5O4. The van der Waals surface area contributed by atoms with Crippen molar-refractivity contribution < 1.29 is 19.8 Å². The first kappa shape index (κ1) is 19.8. The Labute approximate surface area is 162 Å². The molecule has 2 amide bonds. The number of hydrogen-bond acceptors (Lipinski definition) is 7. The number of amides is 2. The maximum Gasteiger partial charge on any atom is 0.255 e. The van der Waals surface area contributed by atoms with Gasteiger partial charge in [0.15, 0.2) is 5.82 Å². The summed E-state index contributed by atoms with van der Waals surface area (Å²) < 4.78 is 0. The fraction of sp³-hybridized carbons (Fsp3) is 0.421. The second-order valence-corrected chi connectivity index (χ2v) is 6.76. The van der Waals surface area contributed by atoms with E-state index in [1.165, 1.54) is 6.20 Å². The van der Waals surface area contributed by atoms with Crippen LogP contribution in [-0.2, 0) is 4.79 Å². The molecule has 3 atom stereocenters. The third-order valence-corrected chi connectivity index (χ3v) is 4.77. The lowest BCUT2D eigenvalue weighted by molar-refractivity contribution is -0.125.